The molecule has 0 bridgehead atoms. The van der Waals surface area contributed by atoms with Gasteiger partial charge in [0.1, 0.15) is 12.2 Å². The Labute approximate surface area is 103 Å². The van der Waals surface area contributed by atoms with Gasteiger partial charge in [-0.3, -0.25) is 0 Å². The van der Waals surface area contributed by atoms with Crippen molar-refractivity contribution in [3.8, 4) is 0 Å². The van der Waals surface area contributed by atoms with Crippen molar-refractivity contribution in [3.63, 3.8) is 0 Å². The quantitative estimate of drug-likeness (QED) is 0.567. The van der Waals surface area contributed by atoms with Crippen LogP contribution < -0.4 is 0 Å². The average Bonchev–Trinajstić information content (AvgIpc) is 2.21. The van der Waals surface area contributed by atoms with E-state index in [1.165, 1.54) is 0 Å². The molecular weight excluding hydrogens is 259 g/mol. The predicted octanol–water partition coefficient (Wildman–Crippen LogP) is 1.15. The molecule has 0 aromatic carbocycles. The highest BCUT2D eigenvalue weighted by molar-refractivity contribution is 6.18. The molecule has 0 aliphatic carbocycles. The standard InChI is InChI=1S/C9H12Cl2O5/c10-1-5-7(3-13-5)15-9(12)16-8-4-14-6(8)2-11/h5-8H,1-4H2. The van der Waals surface area contributed by atoms with Crippen LogP contribution in [0.5, 0.6) is 0 Å². The van der Waals surface area contributed by atoms with E-state index < -0.39 is 6.16 Å². The lowest BCUT2D eigenvalue weighted by Gasteiger charge is -2.37. The predicted molar refractivity (Wildman–Crippen MR) is 56.1 cm³/mol. The fourth-order valence-corrected chi connectivity index (χ4v) is 1.98. The zero-order chi connectivity index (χ0) is 11.5. The molecule has 2 heterocycles. The molecule has 16 heavy (non-hydrogen) atoms. The molecule has 4 atom stereocenters. The fourth-order valence-electron chi connectivity index (χ4n) is 1.40. The van der Waals surface area contributed by atoms with Crippen molar-refractivity contribution < 1.29 is 23.7 Å². The third-order valence-electron chi connectivity index (χ3n) is 2.58. The van der Waals surface area contributed by atoms with E-state index in [2.05, 4.69) is 0 Å². The molecule has 4 unspecified atom stereocenters. The van der Waals surface area contributed by atoms with Gasteiger partial charge >= 0.3 is 6.16 Å². The first-order valence-electron chi connectivity index (χ1n) is 4.97. The van der Waals surface area contributed by atoms with E-state index in [1.807, 2.05) is 0 Å². The summed E-state index contributed by atoms with van der Waals surface area (Å²) in [6.45, 7) is 0.735. The van der Waals surface area contributed by atoms with Gasteiger partial charge in [0.05, 0.1) is 25.0 Å². The van der Waals surface area contributed by atoms with Gasteiger partial charge in [0.25, 0.3) is 0 Å². The van der Waals surface area contributed by atoms with Crippen molar-refractivity contribution in [2.45, 2.75) is 24.4 Å². The molecule has 0 aromatic heterocycles. The number of alkyl halides is 2. The number of hydrogen-bond donors (Lipinski definition) is 0. The molecule has 2 rings (SSSR count). The maximum absolute atomic E-state index is 11.3. The van der Waals surface area contributed by atoms with E-state index in [0.29, 0.717) is 25.0 Å². The summed E-state index contributed by atoms with van der Waals surface area (Å²) in [5, 5.41) is 0. The van der Waals surface area contributed by atoms with Crippen LogP contribution in [0.15, 0.2) is 0 Å². The van der Waals surface area contributed by atoms with E-state index in [0.717, 1.165) is 0 Å². The summed E-state index contributed by atoms with van der Waals surface area (Å²) >= 11 is 11.2. The Bertz CT molecular complexity index is 234. The van der Waals surface area contributed by atoms with Gasteiger partial charge in [0.15, 0.2) is 12.2 Å². The first kappa shape index (κ1) is 12.2. The number of halogens is 2. The van der Waals surface area contributed by atoms with Gasteiger partial charge in [0.2, 0.25) is 0 Å². The largest absolute Gasteiger partial charge is 0.509 e. The third-order valence-corrected chi connectivity index (χ3v) is 3.19. The van der Waals surface area contributed by atoms with Crippen molar-refractivity contribution in [2.24, 2.45) is 0 Å². The Morgan fingerprint density at radius 2 is 1.50 bits per heavy atom. The molecule has 0 amide bonds. The molecule has 0 saturated carbocycles. The van der Waals surface area contributed by atoms with Crippen LogP contribution in [0.4, 0.5) is 4.79 Å². The second-order valence-electron chi connectivity index (χ2n) is 3.61. The number of carbonyl (C=O) groups excluding carboxylic acids is 1. The smallest absolute Gasteiger partial charge is 0.426 e. The number of carbonyl (C=O) groups is 1. The zero-order valence-electron chi connectivity index (χ0n) is 8.43. The van der Waals surface area contributed by atoms with E-state index in [9.17, 15) is 4.79 Å². The fraction of sp³-hybridized carbons (Fsp3) is 0.889. The van der Waals surface area contributed by atoms with E-state index >= 15 is 0 Å². The summed E-state index contributed by atoms with van der Waals surface area (Å²) in [4.78, 5) is 11.3. The second-order valence-corrected chi connectivity index (χ2v) is 4.23. The van der Waals surface area contributed by atoms with Crippen LogP contribution in [0.2, 0.25) is 0 Å². The third kappa shape index (κ3) is 2.53. The van der Waals surface area contributed by atoms with Crippen molar-refractivity contribution >= 4 is 29.4 Å². The van der Waals surface area contributed by atoms with Gasteiger partial charge < -0.3 is 18.9 Å². The molecule has 2 fully saturated rings. The minimum atomic E-state index is -0.716. The Hall–Kier alpha value is -0.230. The molecule has 0 spiro atoms. The highest BCUT2D eigenvalue weighted by atomic mass is 35.5. The Morgan fingerprint density at radius 1 is 1.06 bits per heavy atom. The summed E-state index contributed by atoms with van der Waals surface area (Å²) in [6, 6.07) is 0. The molecule has 7 heteroatoms. The highest BCUT2D eigenvalue weighted by Crippen LogP contribution is 2.21. The van der Waals surface area contributed by atoms with Crippen LogP contribution in [-0.4, -0.2) is 55.5 Å². The zero-order valence-corrected chi connectivity index (χ0v) is 9.95. The van der Waals surface area contributed by atoms with Crippen molar-refractivity contribution in [3.05, 3.63) is 0 Å². The van der Waals surface area contributed by atoms with Crippen molar-refractivity contribution in [1.82, 2.24) is 0 Å². The normalized spacial score (nSPS) is 37.1. The summed E-state index contributed by atoms with van der Waals surface area (Å²) in [6.07, 6.45) is -1.78. The minimum absolute atomic E-state index is 0.226. The molecule has 92 valence electrons. The minimum Gasteiger partial charge on any atom is -0.426 e. The van der Waals surface area contributed by atoms with Crippen LogP contribution in [-0.2, 0) is 18.9 Å². The number of ether oxygens (including phenoxy) is 4. The molecule has 2 aliphatic rings. The van der Waals surface area contributed by atoms with Crippen LogP contribution in [0, 0.1) is 0 Å². The van der Waals surface area contributed by atoms with Gasteiger partial charge in [0, 0.05) is 0 Å². The maximum Gasteiger partial charge on any atom is 0.509 e. The topological polar surface area (TPSA) is 54.0 Å². The van der Waals surface area contributed by atoms with Gasteiger partial charge in [-0.25, -0.2) is 4.79 Å². The molecule has 0 radical (unpaired) electrons. The highest BCUT2D eigenvalue weighted by Gasteiger charge is 2.39. The van der Waals surface area contributed by atoms with Crippen LogP contribution in [0.1, 0.15) is 0 Å². The molecule has 5 nitrogen and oxygen atoms in total. The lowest BCUT2D eigenvalue weighted by Crippen LogP contribution is -2.52. The summed E-state index contributed by atoms with van der Waals surface area (Å²) in [7, 11) is 0. The monoisotopic (exact) mass is 270 g/mol. The van der Waals surface area contributed by atoms with Gasteiger partial charge in [-0.1, -0.05) is 0 Å². The van der Waals surface area contributed by atoms with E-state index in [4.69, 9.17) is 42.1 Å². The summed E-state index contributed by atoms with van der Waals surface area (Å²) in [5.74, 6) is 0.601. The number of hydrogen-bond acceptors (Lipinski definition) is 5. The first-order valence-corrected chi connectivity index (χ1v) is 6.04. The Kier molecular flexibility index (Phi) is 4.13. The lowest BCUT2D eigenvalue weighted by molar-refractivity contribution is -0.192. The Morgan fingerprint density at radius 3 is 1.75 bits per heavy atom. The van der Waals surface area contributed by atoms with Crippen molar-refractivity contribution in [2.75, 3.05) is 25.0 Å². The molecule has 0 N–H and O–H groups in total. The van der Waals surface area contributed by atoms with Crippen LogP contribution in [0.25, 0.3) is 0 Å². The van der Waals surface area contributed by atoms with Crippen LogP contribution in [0.3, 0.4) is 0 Å². The summed E-state index contributed by atoms with van der Waals surface area (Å²) in [5.41, 5.74) is 0. The second kappa shape index (κ2) is 5.40. The molecule has 2 aliphatic heterocycles. The van der Waals surface area contributed by atoms with E-state index in [1.54, 1.807) is 0 Å². The van der Waals surface area contributed by atoms with Gasteiger partial charge in [-0.05, 0) is 0 Å². The molecular formula is C9H12Cl2O5. The lowest BCUT2D eigenvalue weighted by atomic mass is 10.1. The molecule has 0 aromatic rings. The molecule has 2 saturated heterocycles. The Balaban J connectivity index is 1.68. The maximum atomic E-state index is 11.3. The first-order chi connectivity index (χ1) is 7.74. The van der Waals surface area contributed by atoms with Crippen molar-refractivity contribution in [1.29, 1.82) is 0 Å². The SMILES string of the molecule is O=C(OC1COC1CCl)OC1COC1CCl. The van der Waals surface area contributed by atoms with E-state index in [-0.39, 0.29) is 24.4 Å². The van der Waals surface area contributed by atoms with Gasteiger partial charge in [-0.15, -0.1) is 23.2 Å². The van der Waals surface area contributed by atoms with Gasteiger partial charge in [-0.2, -0.15) is 0 Å². The number of rotatable bonds is 4. The average molecular weight is 271 g/mol. The van der Waals surface area contributed by atoms with Crippen LogP contribution >= 0.6 is 23.2 Å². The summed E-state index contributed by atoms with van der Waals surface area (Å²) < 4.78 is 20.2.